The van der Waals surface area contributed by atoms with Gasteiger partial charge in [0.25, 0.3) is 0 Å². The Bertz CT molecular complexity index is 1640. The predicted molar refractivity (Wildman–Crippen MR) is 358 cm³/mol. The molecule has 0 aliphatic rings. The van der Waals surface area contributed by atoms with Crippen LogP contribution in [-0.2, 0) is 32.7 Å². The standard InChI is InChI=1S/C73H132NO8P/c1-3-5-7-9-11-13-15-17-19-21-23-25-27-28-29-30-31-32-33-34-35-36-37-38-39-40-41-42-44-45-47-49-51-53-55-57-59-61-63-65-72(75)79-69-71(70-81-83(77,78)80-68-67-74)82-73(76)66-64-62-60-58-56-54-52-50-48-46-43-26-24-22-20-18-16-14-12-10-8-6-4-2/h6,8,12,14,18,20-21,23-24,26,46,48,52,54,71H,3-5,7,9-11,13,15-17,19,22,25,27-45,47,49-51,53,55-70,74H2,1-2H3,(H,77,78)/b8-6-,14-12-,20-18-,23-21-,26-24-,48-46-,54-52-. The molecule has 10 heteroatoms. The molecule has 482 valence electrons. The van der Waals surface area contributed by atoms with Crippen LogP contribution in [-0.4, -0.2) is 49.3 Å². The summed E-state index contributed by atoms with van der Waals surface area (Å²) < 4.78 is 33.1. The van der Waals surface area contributed by atoms with E-state index in [9.17, 15) is 19.0 Å². The first-order valence-corrected chi connectivity index (χ1v) is 36.6. The van der Waals surface area contributed by atoms with Crippen LogP contribution in [0.4, 0.5) is 0 Å². The van der Waals surface area contributed by atoms with Crippen LogP contribution in [0.5, 0.6) is 0 Å². The van der Waals surface area contributed by atoms with Gasteiger partial charge in [-0.2, -0.15) is 0 Å². The van der Waals surface area contributed by atoms with Crippen molar-refractivity contribution < 1.29 is 37.6 Å². The molecule has 0 aromatic heterocycles. The van der Waals surface area contributed by atoms with E-state index in [1.54, 1.807) is 0 Å². The third kappa shape index (κ3) is 68.2. The van der Waals surface area contributed by atoms with Crippen LogP contribution >= 0.6 is 7.82 Å². The van der Waals surface area contributed by atoms with E-state index in [1.165, 1.54) is 218 Å². The van der Waals surface area contributed by atoms with E-state index in [2.05, 4.69) is 98.9 Å². The van der Waals surface area contributed by atoms with Gasteiger partial charge in [0, 0.05) is 19.4 Å². The fourth-order valence-corrected chi connectivity index (χ4v) is 10.9. The van der Waals surface area contributed by atoms with Crippen LogP contribution in [0.15, 0.2) is 85.1 Å². The summed E-state index contributed by atoms with van der Waals surface area (Å²) in [4.78, 5) is 35.3. The molecule has 2 atom stereocenters. The van der Waals surface area contributed by atoms with Crippen molar-refractivity contribution in [2.45, 2.75) is 341 Å². The highest BCUT2D eigenvalue weighted by Gasteiger charge is 2.26. The minimum atomic E-state index is -4.40. The molecule has 9 nitrogen and oxygen atoms in total. The summed E-state index contributed by atoms with van der Waals surface area (Å²) in [6.07, 6.45) is 91.3. The van der Waals surface area contributed by atoms with Crippen LogP contribution in [0, 0.1) is 0 Å². The van der Waals surface area contributed by atoms with Gasteiger partial charge in [-0.15, -0.1) is 0 Å². The zero-order valence-electron chi connectivity index (χ0n) is 54.2. The number of allylic oxidation sites excluding steroid dienone is 14. The third-order valence-electron chi connectivity index (χ3n) is 15.3. The molecule has 3 N–H and O–H groups in total. The van der Waals surface area contributed by atoms with Crippen LogP contribution in [0.1, 0.15) is 335 Å². The lowest BCUT2D eigenvalue weighted by atomic mass is 10.0. The first kappa shape index (κ1) is 80.2. The number of phosphoric acid groups is 1. The minimum Gasteiger partial charge on any atom is -0.462 e. The minimum absolute atomic E-state index is 0.0462. The Balaban J connectivity index is 3.82. The van der Waals surface area contributed by atoms with E-state index in [0.29, 0.717) is 6.42 Å². The predicted octanol–water partition coefficient (Wildman–Crippen LogP) is 23.0. The Morgan fingerprint density at radius 3 is 1.00 bits per heavy atom. The maximum absolute atomic E-state index is 12.7. The van der Waals surface area contributed by atoms with Crippen molar-refractivity contribution in [2.24, 2.45) is 5.73 Å². The second-order valence-electron chi connectivity index (χ2n) is 23.4. The van der Waals surface area contributed by atoms with Gasteiger partial charge in [-0.25, -0.2) is 4.57 Å². The summed E-state index contributed by atoms with van der Waals surface area (Å²) >= 11 is 0. The van der Waals surface area contributed by atoms with Gasteiger partial charge in [0.15, 0.2) is 6.10 Å². The number of hydrogen-bond donors (Lipinski definition) is 2. The molecule has 0 aromatic rings. The Labute approximate surface area is 513 Å². The molecule has 0 fully saturated rings. The maximum Gasteiger partial charge on any atom is 0.472 e. The van der Waals surface area contributed by atoms with Crippen molar-refractivity contribution in [1.29, 1.82) is 0 Å². The summed E-state index contributed by atoms with van der Waals surface area (Å²) in [6.45, 7) is 3.63. The van der Waals surface area contributed by atoms with Gasteiger partial charge >= 0.3 is 19.8 Å². The molecule has 0 amide bonds. The quantitative estimate of drug-likeness (QED) is 0.0264. The molecule has 0 aliphatic heterocycles. The van der Waals surface area contributed by atoms with Crippen LogP contribution in [0.3, 0.4) is 0 Å². The van der Waals surface area contributed by atoms with Gasteiger partial charge in [0.05, 0.1) is 13.2 Å². The van der Waals surface area contributed by atoms with E-state index in [-0.39, 0.29) is 38.6 Å². The second kappa shape index (κ2) is 68.3. The lowest BCUT2D eigenvalue weighted by Gasteiger charge is -2.19. The molecule has 0 bridgehead atoms. The van der Waals surface area contributed by atoms with Gasteiger partial charge < -0.3 is 20.1 Å². The molecule has 0 saturated carbocycles. The van der Waals surface area contributed by atoms with Crippen molar-refractivity contribution in [3.05, 3.63) is 85.1 Å². The molecule has 0 aromatic carbocycles. The van der Waals surface area contributed by atoms with Crippen molar-refractivity contribution >= 4 is 19.8 Å². The smallest absolute Gasteiger partial charge is 0.462 e. The number of esters is 2. The van der Waals surface area contributed by atoms with Crippen molar-refractivity contribution in [3.8, 4) is 0 Å². The molecule has 0 saturated heterocycles. The molecule has 0 radical (unpaired) electrons. The molecule has 0 heterocycles. The number of carbonyl (C=O) groups excluding carboxylic acids is 2. The van der Waals surface area contributed by atoms with Crippen molar-refractivity contribution in [3.63, 3.8) is 0 Å². The van der Waals surface area contributed by atoms with Gasteiger partial charge in [-0.1, -0.05) is 317 Å². The van der Waals surface area contributed by atoms with E-state index >= 15 is 0 Å². The molecule has 83 heavy (non-hydrogen) atoms. The van der Waals surface area contributed by atoms with Crippen molar-refractivity contribution in [2.75, 3.05) is 26.4 Å². The highest BCUT2D eigenvalue weighted by Crippen LogP contribution is 2.43. The number of ether oxygens (including phenoxy) is 2. The van der Waals surface area contributed by atoms with E-state index in [0.717, 1.165) is 83.5 Å². The first-order chi connectivity index (χ1) is 40.8. The average Bonchev–Trinajstić information content (AvgIpc) is 3.48. The molecule has 0 rings (SSSR count). The first-order valence-electron chi connectivity index (χ1n) is 35.1. The monoisotopic (exact) mass is 1180 g/mol. The maximum atomic E-state index is 12.7. The van der Waals surface area contributed by atoms with Gasteiger partial charge in [0.2, 0.25) is 0 Å². The number of phosphoric ester groups is 1. The average molecular weight is 1180 g/mol. The van der Waals surface area contributed by atoms with Gasteiger partial charge in [-0.3, -0.25) is 18.6 Å². The summed E-state index contributed by atoms with van der Waals surface area (Å²) in [7, 11) is -4.40. The Morgan fingerprint density at radius 2 is 0.663 bits per heavy atom. The highest BCUT2D eigenvalue weighted by molar-refractivity contribution is 7.47. The zero-order valence-corrected chi connectivity index (χ0v) is 55.1. The molecule has 2 unspecified atom stereocenters. The van der Waals surface area contributed by atoms with E-state index in [1.807, 2.05) is 0 Å². The van der Waals surface area contributed by atoms with Crippen LogP contribution in [0.25, 0.3) is 0 Å². The zero-order chi connectivity index (χ0) is 60.1. The highest BCUT2D eigenvalue weighted by atomic mass is 31.2. The number of rotatable bonds is 66. The fraction of sp³-hybridized carbons (Fsp3) is 0.781. The lowest BCUT2D eigenvalue weighted by Crippen LogP contribution is -2.29. The SMILES string of the molecule is CC/C=C\C/C=C\C/C=C\C/C=C\C/C=C\C/C=C\CCCCCCC(=O)OC(COC(=O)CCCCCCCCCCCCCCCCCCCCCCCCCCCCC/C=C\CCCCCCCCCC)COP(=O)(O)OCCN. The topological polar surface area (TPSA) is 134 Å². The van der Waals surface area contributed by atoms with Gasteiger partial charge in [-0.05, 0) is 89.9 Å². The van der Waals surface area contributed by atoms with Crippen LogP contribution in [0.2, 0.25) is 0 Å². The second-order valence-corrected chi connectivity index (χ2v) is 24.8. The fourth-order valence-electron chi connectivity index (χ4n) is 10.1. The Hall–Kier alpha value is -2.81. The number of hydrogen-bond acceptors (Lipinski definition) is 8. The number of unbranched alkanes of at least 4 members (excludes halogenated alkanes) is 39. The van der Waals surface area contributed by atoms with Crippen molar-refractivity contribution in [1.82, 2.24) is 0 Å². The summed E-state index contributed by atoms with van der Waals surface area (Å²) in [6, 6.07) is 0. The van der Waals surface area contributed by atoms with Crippen LogP contribution < -0.4 is 5.73 Å². The third-order valence-corrected chi connectivity index (χ3v) is 16.2. The number of carbonyl (C=O) groups is 2. The Morgan fingerprint density at radius 1 is 0.373 bits per heavy atom. The number of nitrogens with two attached hydrogens (primary N) is 1. The summed E-state index contributed by atoms with van der Waals surface area (Å²) in [5.74, 6) is -0.849. The van der Waals surface area contributed by atoms with Gasteiger partial charge in [0.1, 0.15) is 6.61 Å². The largest absolute Gasteiger partial charge is 0.472 e. The normalized spacial score (nSPS) is 13.4. The summed E-state index contributed by atoms with van der Waals surface area (Å²) in [5, 5.41) is 0. The molecule has 0 aliphatic carbocycles. The van der Waals surface area contributed by atoms with E-state index in [4.69, 9.17) is 24.3 Å². The lowest BCUT2D eigenvalue weighted by molar-refractivity contribution is -0.161. The Kier molecular flexibility index (Phi) is 66.0. The molecular formula is C73H132NO8P. The van der Waals surface area contributed by atoms with E-state index < -0.39 is 26.5 Å². The molecular weight excluding hydrogens is 1050 g/mol. The summed E-state index contributed by atoms with van der Waals surface area (Å²) in [5.41, 5.74) is 5.39. The molecule has 0 spiro atoms.